The molecule has 0 spiro atoms. The van der Waals surface area contributed by atoms with Crippen LogP contribution in [-0.2, 0) is 0 Å². The van der Waals surface area contributed by atoms with Gasteiger partial charge in [0.2, 0.25) is 0 Å². The number of nitrogens with zero attached hydrogens (tertiary/aromatic N) is 4. The fourth-order valence-electron chi connectivity index (χ4n) is 3.99. The summed E-state index contributed by atoms with van der Waals surface area (Å²) in [5.41, 5.74) is 6.65. The first-order valence-electron chi connectivity index (χ1n) is 10.3. The largest absolute Gasteiger partial charge is 0.495 e. The molecular formula is C25H17FN6O. The zero-order chi connectivity index (χ0) is 22.4. The van der Waals surface area contributed by atoms with Gasteiger partial charge in [-0.1, -0.05) is 12.1 Å². The summed E-state index contributed by atoms with van der Waals surface area (Å²) < 4.78 is 18.7. The van der Waals surface area contributed by atoms with E-state index in [0.29, 0.717) is 11.4 Å². The second-order valence-corrected chi connectivity index (χ2v) is 7.62. The van der Waals surface area contributed by atoms with Crippen LogP contribution in [0.15, 0.2) is 73.3 Å². The molecule has 0 atom stereocenters. The summed E-state index contributed by atoms with van der Waals surface area (Å²) in [6.07, 6.45) is 6.94. The maximum atomic E-state index is 13.4. The van der Waals surface area contributed by atoms with E-state index in [1.165, 1.54) is 12.1 Å². The van der Waals surface area contributed by atoms with Crippen LogP contribution in [0.25, 0.3) is 55.7 Å². The average molecular weight is 436 g/mol. The zero-order valence-electron chi connectivity index (χ0n) is 17.5. The van der Waals surface area contributed by atoms with E-state index in [9.17, 15) is 4.39 Å². The number of fused-ring (bicyclic) bond motifs is 2. The summed E-state index contributed by atoms with van der Waals surface area (Å²) in [7, 11) is 1.61. The Bertz CT molecular complexity index is 1620. The van der Waals surface area contributed by atoms with Gasteiger partial charge in [0.05, 0.1) is 24.7 Å². The Kier molecular flexibility index (Phi) is 4.36. The SMILES string of the molecule is COc1cncc(-c2cnc3n[nH]c(-c4cc5c(-c6ccc(F)cc6)ccnc5[nH]4)c3c2)c1. The minimum atomic E-state index is -0.266. The molecule has 160 valence electrons. The van der Waals surface area contributed by atoms with Gasteiger partial charge in [-0.15, -0.1) is 0 Å². The second-order valence-electron chi connectivity index (χ2n) is 7.62. The third-order valence-corrected chi connectivity index (χ3v) is 5.65. The standard InChI is InChI=1S/C25H17FN6O/c1-33-18-8-15(11-27-13-18)16-9-21-23(31-32-25(21)29-12-16)22-10-20-19(6-7-28-24(20)30-22)14-2-4-17(26)5-3-14/h2-13H,1H3,(H,28,30)(H,29,31,32). The number of halogens is 1. The van der Waals surface area contributed by atoms with Crippen LogP contribution in [0.5, 0.6) is 5.75 Å². The monoisotopic (exact) mass is 436 g/mol. The van der Waals surface area contributed by atoms with Crippen molar-refractivity contribution in [2.24, 2.45) is 0 Å². The van der Waals surface area contributed by atoms with Crippen molar-refractivity contribution in [2.45, 2.75) is 0 Å². The van der Waals surface area contributed by atoms with Gasteiger partial charge in [0.25, 0.3) is 0 Å². The van der Waals surface area contributed by atoms with Crippen molar-refractivity contribution in [3.05, 3.63) is 79.1 Å². The number of nitrogens with one attached hydrogen (secondary N) is 2. The molecule has 1 aromatic carbocycles. The molecule has 7 nitrogen and oxygen atoms in total. The van der Waals surface area contributed by atoms with Gasteiger partial charge in [0, 0.05) is 40.5 Å². The van der Waals surface area contributed by atoms with E-state index in [2.05, 4.69) is 30.1 Å². The van der Waals surface area contributed by atoms with E-state index >= 15 is 0 Å². The first-order valence-corrected chi connectivity index (χ1v) is 10.3. The summed E-state index contributed by atoms with van der Waals surface area (Å²) in [5.74, 6) is 0.410. The van der Waals surface area contributed by atoms with Gasteiger partial charge in [-0.2, -0.15) is 5.10 Å². The average Bonchev–Trinajstić information content (AvgIpc) is 3.48. The van der Waals surface area contributed by atoms with E-state index in [-0.39, 0.29) is 5.82 Å². The number of H-pyrrole nitrogens is 2. The van der Waals surface area contributed by atoms with Crippen molar-refractivity contribution in [1.82, 2.24) is 30.1 Å². The molecule has 0 aliphatic rings. The molecule has 0 bridgehead atoms. The van der Waals surface area contributed by atoms with Crippen molar-refractivity contribution >= 4 is 22.1 Å². The maximum Gasteiger partial charge on any atom is 0.181 e. The molecule has 0 aliphatic heterocycles. The predicted molar refractivity (Wildman–Crippen MR) is 124 cm³/mol. The quantitative estimate of drug-likeness (QED) is 0.387. The lowest BCUT2D eigenvalue weighted by Crippen LogP contribution is -1.87. The Morgan fingerprint density at radius 1 is 0.848 bits per heavy atom. The molecular weight excluding hydrogens is 419 g/mol. The fourth-order valence-corrected chi connectivity index (χ4v) is 3.99. The lowest BCUT2D eigenvalue weighted by molar-refractivity contribution is 0.413. The molecule has 6 rings (SSSR count). The molecule has 0 amide bonds. The fraction of sp³-hybridized carbons (Fsp3) is 0.0400. The molecule has 0 aliphatic carbocycles. The number of aromatic nitrogens is 6. The number of hydrogen-bond acceptors (Lipinski definition) is 5. The highest BCUT2D eigenvalue weighted by Crippen LogP contribution is 2.34. The van der Waals surface area contributed by atoms with Crippen LogP contribution in [-0.4, -0.2) is 37.2 Å². The predicted octanol–water partition coefficient (Wildman–Crippen LogP) is 5.38. The van der Waals surface area contributed by atoms with Gasteiger partial charge in [-0.25, -0.2) is 14.4 Å². The summed E-state index contributed by atoms with van der Waals surface area (Å²) in [6, 6.07) is 14.3. The first kappa shape index (κ1) is 19.1. The van der Waals surface area contributed by atoms with Gasteiger partial charge < -0.3 is 9.72 Å². The summed E-state index contributed by atoms with van der Waals surface area (Å²) in [4.78, 5) is 16.6. The summed E-state index contributed by atoms with van der Waals surface area (Å²) in [6.45, 7) is 0. The van der Waals surface area contributed by atoms with Crippen LogP contribution in [0.1, 0.15) is 0 Å². The van der Waals surface area contributed by atoms with Crippen LogP contribution >= 0.6 is 0 Å². The van der Waals surface area contributed by atoms with Crippen LogP contribution in [0.2, 0.25) is 0 Å². The summed E-state index contributed by atoms with van der Waals surface area (Å²) >= 11 is 0. The van der Waals surface area contributed by atoms with Crippen LogP contribution in [0.3, 0.4) is 0 Å². The van der Waals surface area contributed by atoms with Crippen molar-refractivity contribution < 1.29 is 9.13 Å². The lowest BCUT2D eigenvalue weighted by atomic mass is 10.0. The molecule has 8 heteroatoms. The van der Waals surface area contributed by atoms with Crippen LogP contribution in [0, 0.1) is 5.82 Å². The number of aromatic amines is 2. The molecule has 0 fully saturated rings. The summed E-state index contributed by atoms with van der Waals surface area (Å²) in [5, 5.41) is 9.26. The molecule has 0 saturated carbocycles. The Morgan fingerprint density at radius 2 is 1.70 bits per heavy atom. The number of benzene rings is 1. The first-order chi connectivity index (χ1) is 16.2. The molecule has 0 unspecified atom stereocenters. The highest BCUT2D eigenvalue weighted by Gasteiger charge is 2.15. The molecule has 33 heavy (non-hydrogen) atoms. The highest BCUT2D eigenvalue weighted by atomic mass is 19.1. The Morgan fingerprint density at radius 3 is 2.55 bits per heavy atom. The third-order valence-electron chi connectivity index (χ3n) is 5.65. The van der Waals surface area contributed by atoms with Gasteiger partial charge in [-0.05, 0) is 47.5 Å². The number of rotatable bonds is 4. The van der Waals surface area contributed by atoms with E-state index in [1.807, 2.05) is 24.3 Å². The molecule has 0 saturated heterocycles. The zero-order valence-corrected chi connectivity index (χ0v) is 17.5. The van der Waals surface area contributed by atoms with Gasteiger partial charge in [-0.3, -0.25) is 10.1 Å². The van der Waals surface area contributed by atoms with Gasteiger partial charge in [0.1, 0.15) is 17.2 Å². The number of hydrogen-bond donors (Lipinski definition) is 2. The van der Waals surface area contributed by atoms with Gasteiger partial charge >= 0.3 is 0 Å². The van der Waals surface area contributed by atoms with E-state index in [0.717, 1.165) is 50.1 Å². The van der Waals surface area contributed by atoms with Crippen molar-refractivity contribution in [1.29, 1.82) is 0 Å². The second kappa shape index (κ2) is 7.52. The number of pyridine rings is 3. The minimum absolute atomic E-state index is 0.266. The molecule has 0 radical (unpaired) electrons. The normalized spacial score (nSPS) is 11.3. The van der Waals surface area contributed by atoms with E-state index in [4.69, 9.17) is 4.74 Å². The lowest BCUT2D eigenvalue weighted by Gasteiger charge is -2.04. The number of methoxy groups -OCH3 is 1. The van der Waals surface area contributed by atoms with Crippen molar-refractivity contribution in [3.63, 3.8) is 0 Å². The minimum Gasteiger partial charge on any atom is -0.495 e. The van der Waals surface area contributed by atoms with Gasteiger partial charge in [0.15, 0.2) is 5.65 Å². The molecule has 6 aromatic rings. The van der Waals surface area contributed by atoms with Crippen LogP contribution in [0.4, 0.5) is 4.39 Å². The van der Waals surface area contributed by atoms with E-state index < -0.39 is 0 Å². The van der Waals surface area contributed by atoms with Crippen molar-refractivity contribution in [3.8, 4) is 39.4 Å². The van der Waals surface area contributed by atoms with Crippen molar-refractivity contribution in [2.75, 3.05) is 7.11 Å². The molecule has 5 aromatic heterocycles. The third kappa shape index (κ3) is 3.28. The maximum absolute atomic E-state index is 13.4. The Hall–Kier alpha value is -4.59. The number of ether oxygens (including phenoxy) is 1. The smallest absolute Gasteiger partial charge is 0.181 e. The molecule has 5 heterocycles. The Labute approximate surface area is 187 Å². The topological polar surface area (TPSA) is 92.4 Å². The van der Waals surface area contributed by atoms with Crippen LogP contribution < -0.4 is 4.74 Å². The molecule has 2 N–H and O–H groups in total. The van der Waals surface area contributed by atoms with E-state index in [1.54, 1.807) is 44.0 Å². The highest BCUT2D eigenvalue weighted by molar-refractivity contribution is 5.99. The Balaban J connectivity index is 1.48.